The Morgan fingerprint density at radius 2 is 2.06 bits per heavy atom. The van der Waals surface area contributed by atoms with Crippen LogP contribution in [0.2, 0.25) is 5.02 Å². The van der Waals surface area contributed by atoms with Gasteiger partial charge in [-0.25, -0.2) is 0 Å². The lowest BCUT2D eigenvalue weighted by atomic mass is 10.00. The van der Waals surface area contributed by atoms with Crippen LogP contribution in [0.5, 0.6) is 5.75 Å². The maximum Gasteiger partial charge on any atom is 0.251 e. The molecule has 4 aromatic rings. The highest BCUT2D eigenvalue weighted by Crippen LogP contribution is 2.32. The second-order valence-corrected chi connectivity index (χ2v) is 8.40. The van der Waals surface area contributed by atoms with E-state index in [1.807, 2.05) is 60.1 Å². The Labute approximate surface area is 202 Å². The van der Waals surface area contributed by atoms with Gasteiger partial charge in [0.25, 0.3) is 5.91 Å². The van der Waals surface area contributed by atoms with Crippen molar-refractivity contribution >= 4 is 23.2 Å². The van der Waals surface area contributed by atoms with Crippen molar-refractivity contribution in [1.29, 1.82) is 0 Å². The first kappa shape index (κ1) is 21.9. The Hall–Kier alpha value is -3.91. The quantitative estimate of drug-likeness (QED) is 0.430. The smallest absolute Gasteiger partial charge is 0.251 e. The number of para-hydroxylation sites is 1. The van der Waals surface area contributed by atoms with Gasteiger partial charge in [0.1, 0.15) is 5.75 Å². The summed E-state index contributed by atoms with van der Waals surface area (Å²) in [4.78, 5) is 17.0. The predicted molar refractivity (Wildman–Crippen MR) is 130 cm³/mol. The number of anilines is 1. The topological polar surface area (TPSA) is 94.0 Å². The number of ether oxygens (including phenoxy) is 1. The molecule has 172 valence electrons. The lowest BCUT2D eigenvalue weighted by molar-refractivity contribution is 0.0925. The minimum Gasteiger partial charge on any atom is -0.493 e. The summed E-state index contributed by atoms with van der Waals surface area (Å²) in [7, 11) is 1.89. The number of pyridine rings is 1. The van der Waals surface area contributed by atoms with Gasteiger partial charge in [-0.3, -0.25) is 9.78 Å². The molecule has 1 amide bonds. The Balaban J connectivity index is 1.27. The van der Waals surface area contributed by atoms with E-state index in [0.717, 1.165) is 34.8 Å². The summed E-state index contributed by atoms with van der Waals surface area (Å²) >= 11 is 6.25. The van der Waals surface area contributed by atoms with E-state index in [-0.39, 0.29) is 11.9 Å². The molecule has 3 heterocycles. The number of rotatable bonds is 6. The number of carbonyl (C=O) groups is 1. The van der Waals surface area contributed by atoms with Crippen LogP contribution in [0.4, 0.5) is 5.69 Å². The Bertz CT molecular complexity index is 1340. The second-order valence-electron chi connectivity index (χ2n) is 7.99. The molecule has 0 saturated carbocycles. The van der Waals surface area contributed by atoms with Crippen LogP contribution in [0.15, 0.2) is 67.0 Å². The van der Waals surface area contributed by atoms with E-state index in [1.54, 1.807) is 18.5 Å². The van der Waals surface area contributed by atoms with Crippen molar-refractivity contribution in [3.63, 3.8) is 0 Å². The highest BCUT2D eigenvalue weighted by atomic mass is 35.5. The van der Waals surface area contributed by atoms with Gasteiger partial charge in [-0.2, -0.15) is 0 Å². The van der Waals surface area contributed by atoms with E-state index in [1.165, 1.54) is 0 Å². The third-order valence-electron chi connectivity index (χ3n) is 5.82. The van der Waals surface area contributed by atoms with Crippen LogP contribution >= 0.6 is 11.6 Å². The van der Waals surface area contributed by atoms with Crippen LogP contribution in [0.25, 0.3) is 11.4 Å². The van der Waals surface area contributed by atoms with Crippen LogP contribution in [0, 0.1) is 0 Å². The number of amides is 1. The minimum absolute atomic E-state index is 0.0776. The van der Waals surface area contributed by atoms with Crippen LogP contribution in [0.3, 0.4) is 0 Å². The molecule has 0 aliphatic carbocycles. The van der Waals surface area contributed by atoms with E-state index in [0.29, 0.717) is 29.6 Å². The number of aromatic nitrogens is 4. The Morgan fingerprint density at radius 1 is 1.18 bits per heavy atom. The molecule has 34 heavy (non-hydrogen) atoms. The summed E-state index contributed by atoms with van der Waals surface area (Å²) in [5.41, 5.74) is 3.16. The van der Waals surface area contributed by atoms with Crippen LogP contribution in [0.1, 0.15) is 34.2 Å². The number of nitrogens with zero attached hydrogens (tertiary/aromatic N) is 4. The fourth-order valence-corrected chi connectivity index (χ4v) is 4.20. The third-order valence-corrected chi connectivity index (χ3v) is 6.12. The number of hydrogen-bond acceptors (Lipinski definition) is 6. The first-order valence-electron chi connectivity index (χ1n) is 10.9. The zero-order valence-corrected chi connectivity index (χ0v) is 19.3. The fourth-order valence-electron chi connectivity index (χ4n) is 3.99. The lowest BCUT2D eigenvalue weighted by Gasteiger charge is -2.26. The molecule has 1 aliphatic rings. The Morgan fingerprint density at radius 3 is 2.94 bits per heavy atom. The summed E-state index contributed by atoms with van der Waals surface area (Å²) in [5, 5.41) is 15.5. The molecule has 9 heteroatoms. The molecule has 8 nitrogen and oxygen atoms in total. The van der Waals surface area contributed by atoms with Crippen LogP contribution in [-0.4, -0.2) is 32.3 Å². The molecular formula is C25H23ClN6O2. The maximum absolute atomic E-state index is 13.0. The highest BCUT2D eigenvalue weighted by Gasteiger charge is 2.23. The molecule has 1 aliphatic heterocycles. The van der Waals surface area contributed by atoms with E-state index < -0.39 is 0 Å². The average Bonchev–Trinajstić information content (AvgIpc) is 3.23. The SMILES string of the molecule is Cn1c(CNc2cccc(C(=O)N[C@H]3CCOc4ccccc43)c2)nnc1-c1ccncc1Cl. The molecule has 5 rings (SSSR count). The van der Waals surface area contributed by atoms with Crippen molar-refractivity contribution in [2.75, 3.05) is 11.9 Å². The summed E-state index contributed by atoms with van der Waals surface area (Å²) in [6.45, 7) is 1.01. The van der Waals surface area contributed by atoms with Crippen molar-refractivity contribution in [2.24, 2.45) is 7.05 Å². The van der Waals surface area contributed by atoms with Crippen molar-refractivity contribution in [1.82, 2.24) is 25.1 Å². The van der Waals surface area contributed by atoms with Gasteiger partial charge in [-0.15, -0.1) is 10.2 Å². The zero-order chi connectivity index (χ0) is 23.5. The number of benzene rings is 2. The monoisotopic (exact) mass is 474 g/mol. The largest absolute Gasteiger partial charge is 0.493 e. The highest BCUT2D eigenvalue weighted by molar-refractivity contribution is 6.33. The molecule has 0 fully saturated rings. The van der Waals surface area contributed by atoms with Gasteiger partial charge in [0, 0.05) is 48.2 Å². The van der Waals surface area contributed by atoms with Gasteiger partial charge in [0.15, 0.2) is 11.6 Å². The van der Waals surface area contributed by atoms with Crippen molar-refractivity contribution in [3.8, 4) is 17.1 Å². The van der Waals surface area contributed by atoms with Crippen molar-refractivity contribution in [2.45, 2.75) is 19.0 Å². The summed E-state index contributed by atoms with van der Waals surface area (Å²) in [6, 6.07) is 16.9. The molecule has 0 radical (unpaired) electrons. The second kappa shape index (κ2) is 9.52. The van der Waals surface area contributed by atoms with E-state index in [4.69, 9.17) is 16.3 Å². The van der Waals surface area contributed by atoms with Crippen molar-refractivity contribution in [3.05, 3.63) is 89.0 Å². The zero-order valence-electron chi connectivity index (χ0n) is 18.5. The molecule has 2 aromatic carbocycles. The predicted octanol–water partition coefficient (Wildman–Crippen LogP) is 4.40. The minimum atomic E-state index is -0.126. The molecular weight excluding hydrogens is 452 g/mol. The third kappa shape index (κ3) is 4.45. The lowest BCUT2D eigenvalue weighted by Crippen LogP contribution is -2.32. The number of carbonyl (C=O) groups excluding carboxylic acids is 1. The van der Waals surface area contributed by atoms with Gasteiger partial charge in [-0.05, 0) is 30.3 Å². The number of nitrogens with one attached hydrogen (secondary N) is 2. The molecule has 2 aromatic heterocycles. The van der Waals surface area contributed by atoms with Crippen LogP contribution in [-0.2, 0) is 13.6 Å². The van der Waals surface area contributed by atoms with Gasteiger partial charge >= 0.3 is 0 Å². The molecule has 0 saturated heterocycles. The van der Waals surface area contributed by atoms with Gasteiger partial charge in [-0.1, -0.05) is 35.9 Å². The molecule has 0 unspecified atom stereocenters. The first-order chi connectivity index (χ1) is 16.6. The number of fused-ring (bicyclic) bond motifs is 1. The molecule has 0 bridgehead atoms. The normalized spacial score (nSPS) is 14.7. The fraction of sp³-hybridized carbons (Fsp3) is 0.200. The summed E-state index contributed by atoms with van der Waals surface area (Å²) in [6.07, 6.45) is 3.99. The van der Waals surface area contributed by atoms with E-state index in [2.05, 4.69) is 25.8 Å². The van der Waals surface area contributed by atoms with Gasteiger partial charge in [0.05, 0.1) is 24.2 Å². The van der Waals surface area contributed by atoms with Crippen LogP contribution < -0.4 is 15.4 Å². The average molecular weight is 475 g/mol. The number of hydrogen-bond donors (Lipinski definition) is 2. The first-order valence-corrected chi connectivity index (χ1v) is 11.3. The van der Waals surface area contributed by atoms with Crippen molar-refractivity contribution < 1.29 is 9.53 Å². The van der Waals surface area contributed by atoms with E-state index >= 15 is 0 Å². The molecule has 2 N–H and O–H groups in total. The summed E-state index contributed by atoms with van der Waals surface area (Å²) in [5.74, 6) is 2.09. The van der Waals surface area contributed by atoms with Gasteiger partial charge in [0.2, 0.25) is 0 Å². The van der Waals surface area contributed by atoms with E-state index in [9.17, 15) is 4.79 Å². The molecule has 0 spiro atoms. The standard InChI is InChI=1S/C25H23ClN6O2/c1-32-23(30-31-24(32)18-9-11-27-14-20(18)26)15-28-17-6-4-5-16(13-17)25(33)29-21-10-12-34-22-8-3-2-7-19(21)22/h2-9,11,13-14,21,28H,10,12,15H2,1H3,(H,29,33)/t21-/m0/s1. The molecule has 1 atom stereocenters. The summed E-state index contributed by atoms with van der Waals surface area (Å²) < 4.78 is 7.58. The number of halogens is 1. The Kier molecular flexibility index (Phi) is 6.14. The maximum atomic E-state index is 13.0. The van der Waals surface area contributed by atoms with Gasteiger partial charge < -0.3 is 19.9 Å².